The maximum Gasteiger partial charge on any atom is 0.274 e. The fourth-order valence-electron chi connectivity index (χ4n) is 2.18. The van der Waals surface area contributed by atoms with Gasteiger partial charge in [0.25, 0.3) is 5.56 Å². The van der Waals surface area contributed by atoms with Gasteiger partial charge in [0.1, 0.15) is 0 Å². The largest absolute Gasteiger partial charge is 0.394 e. The van der Waals surface area contributed by atoms with Crippen LogP contribution in [0.4, 0.5) is 5.69 Å². The Morgan fingerprint density at radius 3 is 2.53 bits per heavy atom. The molecule has 0 aliphatic heterocycles. The highest BCUT2D eigenvalue weighted by atomic mass is 35.5. The van der Waals surface area contributed by atoms with Crippen LogP contribution in [0.25, 0.3) is 11.3 Å². The second kappa shape index (κ2) is 4.58. The van der Waals surface area contributed by atoms with Gasteiger partial charge >= 0.3 is 0 Å². The number of halogens is 2. The predicted octanol–water partition coefficient (Wildman–Crippen LogP) is 3.74. The molecule has 3 rings (SSSR count). The van der Waals surface area contributed by atoms with Crippen molar-refractivity contribution in [3.8, 4) is 11.3 Å². The summed E-state index contributed by atoms with van der Waals surface area (Å²) in [5.74, 6) is 0. The molecule has 2 aromatic rings. The van der Waals surface area contributed by atoms with Gasteiger partial charge in [-0.2, -0.15) is 0 Å². The Balaban J connectivity index is 2.25. The molecule has 3 nitrogen and oxygen atoms in total. The molecule has 1 heterocycles. The van der Waals surface area contributed by atoms with Gasteiger partial charge in [0, 0.05) is 16.6 Å². The van der Waals surface area contributed by atoms with Gasteiger partial charge in [-0.1, -0.05) is 23.2 Å². The van der Waals surface area contributed by atoms with E-state index in [1.165, 1.54) is 0 Å². The minimum atomic E-state index is -0.147. The number of hydrogen-bond acceptors (Lipinski definition) is 2. The van der Waals surface area contributed by atoms with Crippen LogP contribution in [0.2, 0.25) is 10.0 Å². The van der Waals surface area contributed by atoms with Crippen molar-refractivity contribution in [1.82, 2.24) is 4.57 Å². The van der Waals surface area contributed by atoms with E-state index in [1.54, 1.807) is 22.8 Å². The van der Waals surface area contributed by atoms with Crippen molar-refractivity contribution in [2.45, 2.75) is 18.9 Å². The van der Waals surface area contributed by atoms with Crippen LogP contribution in [-0.4, -0.2) is 4.57 Å². The van der Waals surface area contributed by atoms with Gasteiger partial charge in [0.15, 0.2) is 0 Å². The third-order valence-corrected chi connectivity index (χ3v) is 3.81. The van der Waals surface area contributed by atoms with Crippen molar-refractivity contribution < 1.29 is 0 Å². The Kier molecular flexibility index (Phi) is 3.03. The number of nitrogens with zero attached hydrogens (tertiary/aromatic N) is 1. The molecule has 2 N–H and O–H groups in total. The van der Waals surface area contributed by atoms with Gasteiger partial charge in [-0.05, 0) is 43.2 Å². The summed E-state index contributed by atoms with van der Waals surface area (Å²) in [5.41, 5.74) is 7.42. The summed E-state index contributed by atoms with van der Waals surface area (Å²) in [4.78, 5) is 12.2. The van der Waals surface area contributed by atoms with Gasteiger partial charge in [-0.3, -0.25) is 4.79 Å². The molecule has 0 amide bonds. The van der Waals surface area contributed by atoms with E-state index in [1.807, 2.05) is 12.1 Å². The van der Waals surface area contributed by atoms with Gasteiger partial charge < -0.3 is 10.3 Å². The highest BCUT2D eigenvalue weighted by Gasteiger charge is 2.28. The molecule has 0 atom stereocenters. The molecular formula is C14H12Cl2N2O. The average Bonchev–Trinajstić information content (AvgIpc) is 3.17. The van der Waals surface area contributed by atoms with E-state index >= 15 is 0 Å². The fraction of sp³-hybridized carbons (Fsp3) is 0.214. The molecule has 1 aromatic heterocycles. The molecule has 19 heavy (non-hydrogen) atoms. The molecule has 1 aliphatic rings. The molecule has 1 saturated carbocycles. The first-order valence-corrected chi connectivity index (χ1v) is 6.80. The van der Waals surface area contributed by atoms with Crippen LogP contribution >= 0.6 is 23.2 Å². The quantitative estimate of drug-likeness (QED) is 0.917. The lowest BCUT2D eigenvalue weighted by molar-refractivity contribution is 0.718. The normalized spacial score (nSPS) is 14.6. The summed E-state index contributed by atoms with van der Waals surface area (Å²) < 4.78 is 1.74. The van der Waals surface area contributed by atoms with E-state index in [0.717, 1.165) is 24.1 Å². The van der Waals surface area contributed by atoms with Crippen molar-refractivity contribution in [2.75, 3.05) is 5.73 Å². The summed E-state index contributed by atoms with van der Waals surface area (Å²) in [7, 11) is 0. The van der Waals surface area contributed by atoms with E-state index in [4.69, 9.17) is 28.9 Å². The Bertz CT molecular complexity index is 705. The first kappa shape index (κ1) is 12.6. The number of anilines is 1. The standard InChI is InChI=1S/C14H12Cl2N2O/c15-8-1-4-10(11(16)7-8)13-6-5-12(17)14(19)18(13)9-2-3-9/h1,4-7,9H,2-3,17H2. The minimum absolute atomic E-state index is 0.147. The minimum Gasteiger partial charge on any atom is -0.394 e. The zero-order valence-electron chi connectivity index (χ0n) is 10.1. The van der Waals surface area contributed by atoms with Gasteiger partial charge in [-0.15, -0.1) is 0 Å². The summed E-state index contributed by atoms with van der Waals surface area (Å²) in [6, 6.07) is 8.97. The number of pyridine rings is 1. The van der Waals surface area contributed by atoms with Crippen LogP contribution in [0.3, 0.4) is 0 Å². The number of benzene rings is 1. The zero-order chi connectivity index (χ0) is 13.6. The van der Waals surface area contributed by atoms with E-state index < -0.39 is 0 Å². The number of nitrogen functional groups attached to an aromatic ring is 1. The van der Waals surface area contributed by atoms with Crippen molar-refractivity contribution in [3.63, 3.8) is 0 Å². The van der Waals surface area contributed by atoms with Crippen LogP contribution in [-0.2, 0) is 0 Å². The molecule has 0 saturated heterocycles. The Morgan fingerprint density at radius 2 is 1.89 bits per heavy atom. The van der Waals surface area contributed by atoms with E-state index in [0.29, 0.717) is 10.0 Å². The number of aromatic nitrogens is 1. The third-order valence-electron chi connectivity index (χ3n) is 3.27. The number of hydrogen-bond donors (Lipinski definition) is 1. The van der Waals surface area contributed by atoms with Gasteiger partial charge in [0.2, 0.25) is 0 Å². The van der Waals surface area contributed by atoms with Crippen LogP contribution in [0.1, 0.15) is 18.9 Å². The van der Waals surface area contributed by atoms with Crippen molar-refractivity contribution in [2.24, 2.45) is 0 Å². The Hall–Kier alpha value is -1.45. The van der Waals surface area contributed by atoms with Crippen molar-refractivity contribution >= 4 is 28.9 Å². The Labute approximate surface area is 120 Å². The lowest BCUT2D eigenvalue weighted by Crippen LogP contribution is -2.23. The highest BCUT2D eigenvalue weighted by molar-refractivity contribution is 6.36. The average molecular weight is 295 g/mol. The molecule has 0 bridgehead atoms. The lowest BCUT2D eigenvalue weighted by Gasteiger charge is -2.14. The van der Waals surface area contributed by atoms with Crippen LogP contribution in [0, 0.1) is 0 Å². The first-order chi connectivity index (χ1) is 9.08. The zero-order valence-corrected chi connectivity index (χ0v) is 11.6. The number of nitrogens with two attached hydrogens (primary N) is 1. The Morgan fingerprint density at radius 1 is 1.16 bits per heavy atom. The van der Waals surface area contributed by atoms with Crippen molar-refractivity contribution in [3.05, 3.63) is 50.7 Å². The second-order valence-corrected chi connectivity index (χ2v) is 5.55. The van der Waals surface area contributed by atoms with Crippen LogP contribution in [0.5, 0.6) is 0 Å². The van der Waals surface area contributed by atoms with Gasteiger partial charge in [0.05, 0.1) is 16.4 Å². The maximum atomic E-state index is 12.2. The topological polar surface area (TPSA) is 48.0 Å². The third kappa shape index (κ3) is 2.24. The molecule has 1 fully saturated rings. The SMILES string of the molecule is Nc1ccc(-c2ccc(Cl)cc2Cl)n(C2CC2)c1=O. The summed E-state index contributed by atoms with van der Waals surface area (Å²) >= 11 is 12.1. The summed E-state index contributed by atoms with van der Waals surface area (Å²) in [6.45, 7) is 0. The molecule has 0 unspecified atom stereocenters. The van der Waals surface area contributed by atoms with Crippen molar-refractivity contribution in [1.29, 1.82) is 0 Å². The highest BCUT2D eigenvalue weighted by Crippen LogP contribution is 2.39. The van der Waals surface area contributed by atoms with E-state index in [2.05, 4.69) is 0 Å². The smallest absolute Gasteiger partial charge is 0.274 e. The summed E-state index contributed by atoms with van der Waals surface area (Å²) in [6.07, 6.45) is 2.00. The molecule has 1 aromatic carbocycles. The monoisotopic (exact) mass is 294 g/mol. The van der Waals surface area contributed by atoms with E-state index in [9.17, 15) is 4.79 Å². The summed E-state index contributed by atoms with van der Waals surface area (Å²) in [5, 5.41) is 1.11. The lowest BCUT2D eigenvalue weighted by atomic mass is 10.1. The second-order valence-electron chi connectivity index (χ2n) is 4.70. The molecule has 1 aliphatic carbocycles. The fourth-order valence-corrected chi connectivity index (χ4v) is 2.69. The first-order valence-electron chi connectivity index (χ1n) is 6.04. The number of rotatable bonds is 2. The van der Waals surface area contributed by atoms with E-state index in [-0.39, 0.29) is 17.3 Å². The molecule has 0 spiro atoms. The predicted molar refractivity (Wildman–Crippen MR) is 78.8 cm³/mol. The molecule has 98 valence electrons. The van der Waals surface area contributed by atoms with Gasteiger partial charge in [-0.25, -0.2) is 0 Å². The molecular weight excluding hydrogens is 283 g/mol. The van der Waals surface area contributed by atoms with Crippen LogP contribution in [0.15, 0.2) is 35.1 Å². The molecule has 5 heteroatoms. The molecule has 0 radical (unpaired) electrons. The van der Waals surface area contributed by atoms with Crippen LogP contribution < -0.4 is 11.3 Å². The maximum absolute atomic E-state index is 12.2.